The van der Waals surface area contributed by atoms with E-state index in [2.05, 4.69) is 15.4 Å². The Morgan fingerprint density at radius 2 is 2.39 bits per heavy atom. The fraction of sp³-hybridized carbons (Fsp3) is 0.500. The molecule has 1 fully saturated rings. The van der Waals surface area contributed by atoms with E-state index in [-0.39, 0.29) is 22.7 Å². The van der Waals surface area contributed by atoms with Gasteiger partial charge in [0.25, 0.3) is 10.0 Å². The van der Waals surface area contributed by atoms with Crippen LogP contribution in [0.1, 0.15) is 6.42 Å². The lowest BCUT2D eigenvalue weighted by Gasteiger charge is -2.11. The Morgan fingerprint density at radius 1 is 1.56 bits per heavy atom. The molecule has 1 atom stereocenters. The van der Waals surface area contributed by atoms with Crippen LogP contribution in [-0.4, -0.2) is 40.0 Å². The van der Waals surface area contributed by atoms with E-state index in [9.17, 15) is 13.2 Å². The summed E-state index contributed by atoms with van der Waals surface area (Å²) in [5.74, 6) is -0.302. The molecule has 3 N–H and O–H groups in total. The molecule has 2 rings (SSSR count). The molecule has 1 aliphatic rings. The van der Waals surface area contributed by atoms with Crippen molar-refractivity contribution in [3.8, 4) is 0 Å². The van der Waals surface area contributed by atoms with Gasteiger partial charge < -0.3 is 10.6 Å². The predicted molar refractivity (Wildman–Crippen MR) is 68.9 cm³/mol. The maximum atomic E-state index is 11.7. The van der Waals surface area contributed by atoms with Crippen molar-refractivity contribution in [2.75, 3.05) is 19.6 Å². The summed E-state index contributed by atoms with van der Waals surface area (Å²) in [7, 11) is -3.55. The molecule has 0 bridgehead atoms. The molecule has 1 aliphatic heterocycles. The van der Waals surface area contributed by atoms with E-state index in [0.717, 1.165) is 30.8 Å². The molecule has 8 heteroatoms. The first-order valence-electron chi connectivity index (χ1n) is 5.61. The Hall–Kier alpha value is -0.960. The molecule has 1 aromatic rings. The van der Waals surface area contributed by atoms with Crippen LogP contribution >= 0.6 is 11.3 Å². The Balaban J connectivity index is 1.82. The largest absolute Gasteiger partial charge is 0.351 e. The van der Waals surface area contributed by atoms with Gasteiger partial charge >= 0.3 is 0 Å². The fourth-order valence-corrected chi connectivity index (χ4v) is 3.72. The highest BCUT2D eigenvalue weighted by Gasteiger charge is 2.19. The van der Waals surface area contributed by atoms with Crippen molar-refractivity contribution < 1.29 is 13.2 Å². The summed E-state index contributed by atoms with van der Waals surface area (Å²) >= 11 is 1.12. The van der Waals surface area contributed by atoms with E-state index in [1.807, 2.05) is 0 Å². The molecule has 6 nitrogen and oxygen atoms in total. The third-order valence-electron chi connectivity index (χ3n) is 2.61. The predicted octanol–water partition coefficient (Wildman–Crippen LogP) is -0.496. The van der Waals surface area contributed by atoms with E-state index >= 15 is 0 Å². The van der Waals surface area contributed by atoms with Gasteiger partial charge in [0.05, 0.1) is 6.54 Å². The normalized spacial score (nSPS) is 19.9. The van der Waals surface area contributed by atoms with Gasteiger partial charge in [-0.15, -0.1) is 11.3 Å². The van der Waals surface area contributed by atoms with Crippen molar-refractivity contribution in [3.05, 3.63) is 17.5 Å². The minimum atomic E-state index is -3.55. The minimum absolute atomic E-state index is 0.101. The first-order valence-corrected chi connectivity index (χ1v) is 7.97. The summed E-state index contributed by atoms with van der Waals surface area (Å²) < 4.78 is 26.0. The van der Waals surface area contributed by atoms with Crippen LogP contribution in [0.4, 0.5) is 0 Å². The first kappa shape index (κ1) is 13.5. The number of carbonyl (C=O) groups excluding carboxylic acids is 1. The highest BCUT2D eigenvalue weighted by atomic mass is 32.2. The van der Waals surface area contributed by atoms with Crippen LogP contribution in [0.15, 0.2) is 21.7 Å². The van der Waals surface area contributed by atoms with Crippen LogP contribution < -0.4 is 15.4 Å². The number of hydrogen-bond donors (Lipinski definition) is 3. The molecular formula is C10H15N3O3S2. The van der Waals surface area contributed by atoms with Crippen LogP contribution in [-0.2, 0) is 14.8 Å². The quantitative estimate of drug-likeness (QED) is 0.682. The number of hydrogen-bond acceptors (Lipinski definition) is 5. The lowest BCUT2D eigenvalue weighted by atomic mass is 10.2. The Labute approximate surface area is 110 Å². The Morgan fingerprint density at radius 3 is 3.00 bits per heavy atom. The van der Waals surface area contributed by atoms with E-state index in [0.29, 0.717) is 0 Å². The van der Waals surface area contributed by atoms with Gasteiger partial charge in [-0.2, -0.15) is 0 Å². The van der Waals surface area contributed by atoms with Gasteiger partial charge in [-0.25, -0.2) is 13.1 Å². The van der Waals surface area contributed by atoms with Crippen molar-refractivity contribution in [3.63, 3.8) is 0 Å². The molecule has 0 aliphatic carbocycles. The second-order valence-electron chi connectivity index (χ2n) is 4.01. The van der Waals surface area contributed by atoms with Gasteiger partial charge in [0, 0.05) is 12.6 Å². The van der Waals surface area contributed by atoms with Crippen LogP contribution in [0, 0.1) is 0 Å². The molecule has 0 spiro atoms. The van der Waals surface area contributed by atoms with Crippen molar-refractivity contribution in [1.82, 2.24) is 15.4 Å². The number of carbonyl (C=O) groups is 1. The fourth-order valence-electron chi connectivity index (χ4n) is 1.70. The zero-order valence-electron chi connectivity index (χ0n) is 9.68. The molecule has 0 radical (unpaired) electrons. The Bertz CT molecular complexity index is 492. The van der Waals surface area contributed by atoms with Gasteiger partial charge in [-0.05, 0) is 24.4 Å². The summed E-state index contributed by atoms with van der Waals surface area (Å²) in [4.78, 5) is 11.6. The second kappa shape index (κ2) is 5.79. The number of rotatable bonds is 5. The minimum Gasteiger partial charge on any atom is -0.351 e. The summed E-state index contributed by atoms with van der Waals surface area (Å²) in [6.07, 6.45) is 0.878. The lowest BCUT2D eigenvalue weighted by Crippen LogP contribution is -2.42. The van der Waals surface area contributed by atoms with E-state index < -0.39 is 10.0 Å². The summed E-state index contributed by atoms with van der Waals surface area (Å²) in [5, 5.41) is 7.57. The van der Waals surface area contributed by atoms with Crippen LogP contribution in [0.5, 0.6) is 0 Å². The maximum Gasteiger partial charge on any atom is 0.250 e. The summed E-state index contributed by atoms with van der Waals surface area (Å²) in [6, 6.07) is 3.26. The third kappa shape index (κ3) is 3.52. The van der Waals surface area contributed by atoms with Crippen molar-refractivity contribution in [2.24, 2.45) is 0 Å². The van der Waals surface area contributed by atoms with Gasteiger partial charge in [-0.3, -0.25) is 4.79 Å². The van der Waals surface area contributed by atoms with Crippen molar-refractivity contribution in [2.45, 2.75) is 16.7 Å². The molecule has 1 aromatic heterocycles. The molecule has 1 saturated heterocycles. The van der Waals surface area contributed by atoms with E-state index in [1.165, 1.54) is 6.07 Å². The van der Waals surface area contributed by atoms with Crippen LogP contribution in [0.2, 0.25) is 0 Å². The number of thiophene rings is 1. The average molecular weight is 289 g/mol. The molecular weight excluding hydrogens is 274 g/mol. The zero-order chi connectivity index (χ0) is 13.0. The third-order valence-corrected chi connectivity index (χ3v) is 5.41. The smallest absolute Gasteiger partial charge is 0.250 e. The Kier molecular flexibility index (Phi) is 4.33. The van der Waals surface area contributed by atoms with Crippen LogP contribution in [0.25, 0.3) is 0 Å². The SMILES string of the molecule is O=C(CNS(=O)(=O)c1cccs1)NC1CCNC1. The zero-order valence-corrected chi connectivity index (χ0v) is 11.3. The van der Waals surface area contributed by atoms with Gasteiger partial charge in [0.15, 0.2) is 0 Å². The molecule has 0 aromatic carbocycles. The molecule has 1 amide bonds. The molecule has 0 saturated carbocycles. The number of nitrogens with one attached hydrogen (secondary N) is 3. The monoisotopic (exact) mass is 289 g/mol. The number of sulfonamides is 1. The average Bonchev–Trinajstić information content (AvgIpc) is 2.99. The lowest BCUT2D eigenvalue weighted by molar-refractivity contribution is -0.120. The number of amides is 1. The summed E-state index contributed by atoms with van der Waals surface area (Å²) in [5.41, 5.74) is 0. The maximum absolute atomic E-state index is 11.7. The van der Waals surface area contributed by atoms with Gasteiger partial charge in [-0.1, -0.05) is 6.07 Å². The highest BCUT2D eigenvalue weighted by molar-refractivity contribution is 7.91. The molecule has 18 heavy (non-hydrogen) atoms. The van der Waals surface area contributed by atoms with Gasteiger partial charge in [0.1, 0.15) is 4.21 Å². The molecule has 1 unspecified atom stereocenters. The van der Waals surface area contributed by atoms with Crippen molar-refractivity contribution >= 4 is 27.3 Å². The highest BCUT2D eigenvalue weighted by Crippen LogP contribution is 2.14. The summed E-state index contributed by atoms with van der Waals surface area (Å²) in [6.45, 7) is 1.39. The first-order chi connectivity index (χ1) is 8.58. The van der Waals surface area contributed by atoms with Crippen LogP contribution in [0.3, 0.4) is 0 Å². The molecule has 100 valence electrons. The van der Waals surface area contributed by atoms with E-state index in [4.69, 9.17) is 0 Å². The van der Waals surface area contributed by atoms with Gasteiger partial charge in [0.2, 0.25) is 5.91 Å². The molecule has 2 heterocycles. The van der Waals surface area contributed by atoms with E-state index in [1.54, 1.807) is 11.4 Å². The standard InChI is InChI=1S/C10H15N3O3S2/c14-9(13-8-3-4-11-6-8)7-12-18(15,16)10-2-1-5-17-10/h1-2,5,8,11-12H,3-4,6-7H2,(H,13,14). The topological polar surface area (TPSA) is 87.3 Å². The second-order valence-corrected chi connectivity index (χ2v) is 6.96. The van der Waals surface area contributed by atoms with Crippen molar-refractivity contribution in [1.29, 1.82) is 0 Å².